The SMILES string of the molecule is Cc1ccc(C(=O)C(F)(F)C(F)(F)C(F)(F)C(F)(F)C(F)(F)C(F)(F)C(F)(F)C(F)(F)C(F)(F)C(F)(F)CF)cc1. The zero-order valence-corrected chi connectivity index (χ0v) is 18.9. The highest BCUT2D eigenvalue weighted by atomic mass is 19.4. The van der Waals surface area contributed by atoms with Crippen LogP contribution in [-0.4, -0.2) is 71.7 Å². The maximum Gasteiger partial charge on any atom is 0.386 e. The minimum absolute atomic E-state index is 0.0444. The Morgan fingerprint density at radius 3 is 1.05 bits per heavy atom. The summed E-state index contributed by atoms with van der Waals surface area (Å²) in [6.45, 7) is -2.98. The number of benzene rings is 1. The van der Waals surface area contributed by atoms with Crippen molar-refractivity contribution >= 4 is 5.78 Å². The molecule has 0 heterocycles. The molecule has 0 unspecified atom stereocenters. The molecule has 0 fully saturated rings. The molecule has 0 aliphatic carbocycles. The maximum atomic E-state index is 14.0. The minimum atomic E-state index is -9.22. The number of halogens is 21. The topological polar surface area (TPSA) is 17.1 Å². The number of ketones is 1. The molecule has 0 atom stereocenters. The Morgan fingerprint density at radius 2 is 0.756 bits per heavy atom. The first-order chi connectivity index (χ1) is 17.7. The first kappa shape index (κ1) is 36.4. The van der Waals surface area contributed by atoms with Crippen LogP contribution in [0.3, 0.4) is 0 Å². The molecule has 1 nitrogen and oxygen atoms in total. The first-order valence-corrected chi connectivity index (χ1v) is 9.68. The monoisotopic (exact) mass is 652 g/mol. The van der Waals surface area contributed by atoms with E-state index in [0.29, 0.717) is 12.1 Å². The molecule has 0 amide bonds. The fourth-order valence-corrected chi connectivity index (χ4v) is 2.72. The van der Waals surface area contributed by atoms with Crippen molar-refractivity contribution < 1.29 is 97.0 Å². The Bertz CT molecular complexity index is 1120. The van der Waals surface area contributed by atoms with Crippen LogP contribution in [0.4, 0.5) is 92.2 Å². The zero-order chi connectivity index (χ0) is 33.3. The van der Waals surface area contributed by atoms with Crippen LogP contribution in [0.2, 0.25) is 0 Å². The molecule has 0 spiro atoms. The van der Waals surface area contributed by atoms with Crippen molar-refractivity contribution in [2.45, 2.75) is 66.1 Å². The van der Waals surface area contributed by atoms with E-state index in [0.717, 1.165) is 6.92 Å². The van der Waals surface area contributed by atoms with Crippen LogP contribution in [0, 0.1) is 6.92 Å². The Balaban J connectivity index is 3.81. The highest BCUT2D eigenvalue weighted by Gasteiger charge is 2.97. The third-order valence-corrected chi connectivity index (χ3v) is 5.38. The second-order valence-electron chi connectivity index (χ2n) is 8.20. The first-order valence-electron chi connectivity index (χ1n) is 9.68. The summed E-state index contributed by atoms with van der Waals surface area (Å²) in [5.41, 5.74) is -1.69. The second kappa shape index (κ2) is 9.73. The van der Waals surface area contributed by atoms with E-state index in [1.807, 2.05) is 0 Å². The van der Waals surface area contributed by atoms with Crippen LogP contribution in [0.25, 0.3) is 0 Å². The van der Waals surface area contributed by atoms with Gasteiger partial charge in [-0.3, -0.25) is 4.79 Å². The molecular weight excluding hydrogens is 643 g/mol. The quantitative estimate of drug-likeness (QED) is 0.164. The fraction of sp³-hybridized carbons (Fsp3) is 0.632. The van der Waals surface area contributed by atoms with Gasteiger partial charge in [0.15, 0.2) is 6.67 Å². The standard InChI is InChI=1S/C19H9F21O/c1-7-2-4-8(5-3-7)9(41)11(23,24)13(27,28)15(31,32)17(35,36)19(39,40)18(37,38)16(33,34)14(29,30)12(25,26)10(21,22)6-20/h2-5H,6H2,1H3. The predicted molar refractivity (Wildman–Crippen MR) is 91.0 cm³/mol. The van der Waals surface area contributed by atoms with Crippen LogP contribution in [0.15, 0.2) is 24.3 Å². The molecule has 22 heteroatoms. The lowest BCUT2D eigenvalue weighted by atomic mass is 9.84. The molecule has 1 aromatic rings. The Kier molecular flexibility index (Phi) is 8.65. The summed E-state index contributed by atoms with van der Waals surface area (Å²) in [4.78, 5) is 11.6. The van der Waals surface area contributed by atoms with Crippen molar-refractivity contribution in [3.8, 4) is 0 Å². The van der Waals surface area contributed by atoms with Crippen LogP contribution in [0.5, 0.6) is 0 Å². The van der Waals surface area contributed by atoms with Gasteiger partial charge in [0.05, 0.1) is 0 Å². The number of aryl methyl sites for hydroxylation is 1. The average Bonchev–Trinajstić information content (AvgIpc) is 2.82. The molecule has 0 aliphatic rings. The van der Waals surface area contributed by atoms with Crippen molar-refractivity contribution in [3.05, 3.63) is 35.4 Å². The average molecular weight is 652 g/mol. The van der Waals surface area contributed by atoms with Gasteiger partial charge < -0.3 is 0 Å². The number of carbonyl (C=O) groups excluding carboxylic acids is 1. The molecule has 41 heavy (non-hydrogen) atoms. The maximum absolute atomic E-state index is 14.0. The van der Waals surface area contributed by atoms with E-state index in [2.05, 4.69) is 0 Å². The van der Waals surface area contributed by atoms with Crippen molar-refractivity contribution in [1.82, 2.24) is 0 Å². The molecule has 1 rings (SSSR count). The summed E-state index contributed by atoms with van der Waals surface area (Å²) >= 11 is 0. The highest BCUT2D eigenvalue weighted by Crippen LogP contribution is 2.66. The minimum Gasteiger partial charge on any atom is -0.287 e. The second-order valence-corrected chi connectivity index (χ2v) is 8.20. The lowest BCUT2D eigenvalue weighted by Gasteiger charge is -2.44. The van der Waals surface area contributed by atoms with Gasteiger partial charge in [-0.25, -0.2) is 4.39 Å². The van der Waals surface area contributed by atoms with E-state index in [1.165, 1.54) is 0 Å². The van der Waals surface area contributed by atoms with Gasteiger partial charge in [-0.2, -0.15) is 87.8 Å². The van der Waals surface area contributed by atoms with E-state index in [4.69, 9.17) is 0 Å². The van der Waals surface area contributed by atoms with Gasteiger partial charge in [0, 0.05) is 5.56 Å². The van der Waals surface area contributed by atoms with Gasteiger partial charge in [0.1, 0.15) is 0 Å². The van der Waals surface area contributed by atoms with Gasteiger partial charge in [-0.15, -0.1) is 0 Å². The normalized spacial score (nSPS) is 15.8. The third-order valence-electron chi connectivity index (χ3n) is 5.38. The van der Waals surface area contributed by atoms with Crippen LogP contribution < -0.4 is 0 Å². The van der Waals surface area contributed by atoms with E-state index >= 15 is 0 Å². The molecule has 0 aromatic heterocycles. The smallest absolute Gasteiger partial charge is 0.287 e. The number of hydrogen-bond acceptors (Lipinski definition) is 1. The molecule has 0 saturated heterocycles. The zero-order valence-electron chi connectivity index (χ0n) is 18.9. The molecule has 1 aromatic carbocycles. The molecule has 0 aliphatic heterocycles. The lowest BCUT2D eigenvalue weighted by molar-refractivity contribution is -0.467. The molecule has 238 valence electrons. The number of hydrogen-bond donors (Lipinski definition) is 0. The van der Waals surface area contributed by atoms with Crippen LogP contribution >= 0.6 is 0 Å². The Labute approximate surface area is 212 Å². The predicted octanol–water partition coefficient (Wildman–Crippen LogP) is 8.50. The van der Waals surface area contributed by atoms with Crippen LogP contribution in [0.1, 0.15) is 15.9 Å². The largest absolute Gasteiger partial charge is 0.386 e. The summed E-state index contributed by atoms with van der Waals surface area (Å²) in [7, 11) is 0. The summed E-state index contributed by atoms with van der Waals surface area (Å²) in [5.74, 6) is -88.7. The number of rotatable bonds is 12. The van der Waals surface area contributed by atoms with Gasteiger partial charge >= 0.3 is 59.2 Å². The number of alkyl halides is 21. The Morgan fingerprint density at radius 1 is 0.488 bits per heavy atom. The van der Waals surface area contributed by atoms with Crippen molar-refractivity contribution in [3.63, 3.8) is 0 Å². The van der Waals surface area contributed by atoms with E-state index in [-0.39, 0.29) is 17.7 Å². The Hall–Kier alpha value is -2.58. The van der Waals surface area contributed by atoms with Crippen molar-refractivity contribution in [2.24, 2.45) is 0 Å². The van der Waals surface area contributed by atoms with E-state index in [9.17, 15) is 97.0 Å². The van der Waals surface area contributed by atoms with Crippen molar-refractivity contribution in [2.75, 3.05) is 6.67 Å². The fourth-order valence-electron chi connectivity index (χ4n) is 2.72. The number of Topliss-reactive ketones (excluding diaryl/α,β-unsaturated/α-hetero) is 1. The number of carbonyl (C=O) groups is 1. The van der Waals surface area contributed by atoms with Gasteiger partial charge in [-0.05, 0) is 6.92 Å². The summed E-state index contributed by atoms with van der Waals surface area (Å²) in [5, 5.41) is 0. The molecular formula is C19H9F21O. The molecule has 0 saturated carbocycles. The summed E-state index contributed by atoms with van der Waals surface area (Å²) in [6, 6.07) is 1.56. The van der Waals surface area contributed by atoms with Crippen molar-refractivity contribution in [1.29, 1.82) is 0 Å². The summed E-state index contributed by atoms with van der Waals surface area (Å²) in [6.07, 6.45) is 0. The highest BCUT2D eigenvalue weighted by molar-refractivity contribution is 6.02. The third kappa shape index (κ3) is 4.56. The van der Waals surface area contributed by atoms with Gasteiger partial charge in [0.25, 0.3) is 0 Å². The van der Waals surface area contributed by atoms with E-state index < -0.39 is 77.2 Å². The molecule has 0 radical (unpaired) electrons. The van der Waals surface area contributed by atoms with Crippen LogP contribution in [-0.2, 0) is 0 Å². The summed E-state index contributed by atoms with van der Waals surface area (Å²) < 4.78 is 284. The van der Waals surface area contributed by atoms with E-state index in [1.54, 1.807) is 0 Å². The molecule has 0 N–H and O–H groups in total. The lowest BCUT2D eigenvalue weighted by Crippen LogP contribution is -2.77. The van der Waals surface area contributed by atoms with Gasteiger partial charge in [-0.1, -0.05) is 29.8 Å². The molecule has 0 bridgehead atoms. The van der Waals surface area contributed by atoms with Gasteiger partial charge in [0.2, 0.25) is 5.78 Å².